The number of nitrogen functional groups attached to an aromatic ring is 1. The zero-order valence-electron chi connectivity index (χ0n) is 5.36. The monoisotopic (exact) mass is 161 g/mol. The average molecular weight is 162 g/mol. The van der Waals surface area contributed by atoms with Crippen LogP contribution in [0, 0.1) is 13.8 Å². The van der Waals surface area contributed by atoms with E-state index in [4.69, 9.17) is 17.3 Å². The van der Waals surface area contributed by atoms with Crippen molar-refractivity contribution < 1.29 is 0 Å². The molecular formula is C6H8ClNS. The molecule has 0 aromatic carbocycles. The van der Waals surface area contributed by atoms with Gasteiger partial charge in [0.25, 0.3) is 0 Å². The first-order valence-electron chi connectivity index (χ1n) is 2.64. The van der Waals surface area contributed by atoms with Crippen molar-refractivity contribution in [2.24, 2.45) is 0 Å². The van der Waals surface area contributed by atoms with Crippen LogP contribution in [0.4, 0.5) is 5.69 Å². The number of aryl methyl sites for hydroxylation is 1. The van der Waals surface area contributed by atoms with Gasteiger partial charge in [-0.05, 0) is 19.4 Å². The molecule has 0 aliphatic carbocycles. The van der Waals surface area contributed by atoms with Crippen LogP contribution in [-0.2, 0) is 0 Å². The van der Waals surface area contributed by atoms with Gasteiger partial charge in [0.1, 0.15) is 4.34 Å². The first kappa shape index (κ1) is 6.90. The van der Waals surface area contributed by atoms with Crippen molar-refractivity contribution in [2.75, 3.05) is 5.73 Å². The fraction of sp³-hybridized carbons (Fsp3) is 0.333. The van der Waals surface area contributed by atoms with Crippen LogP contribution in [0.15, 0.2) is 0 Å². The van der Waals surface area contributed by atoms with Crippen molar-refractivity contribution in [1.82, 2.24) is 0 Å². The zero-order chi connectivity index (χ0) is 7.02. The molecule has 9 heavy (non-hydrogen) atoms. The Labute approximate surface area is 63.4 Å². The third-order valence-corrected chi connectivity index (χ3v) is 2.83. The molecule has 0 atom stereocenters. The number of halogens is 1. The molecule has 0 aliphatic heterocycles. The van der Waals surface area contributed by atoms with Crippen molar-refractivity contribution in [3.05, 3.63) is 14.8 Å². The van der Waals surface area contributed by atoms with E-state index in [-0.39, 0.29) is 0 Å². The lowest BCUT2D eigenvalue weighted by atomic mass is 10.3. The van der Waals surface area contributed by atoms with Gasteiger partial charge in [0, 0.05) is 4.88 Å². The predicted molar refractivity (Wildman–Crippen MR) is 43.2 cm³/mol. The standard InChI is InChI=1S/C6H8ClNS/c1-3-4(2)9-6(7)5(3)8/h8H2,1-2H3. The van der Waals surface area contributed by atoms with E-state index in [0.717, 1.165) is 11.3 Å². The van der Waals surface area contributed by atoms with Crippen molar-refractivity contribution in [1.29, 1.82) is 0 Å². The van der Waals surface area contributed by atoms with E-state index in [1.807, 2.05) is 13.8 Å². The molecule has 1 aromatic rings. The highest BCUT2D eigenvalue weighted by molar-refractivity contribution is 7.17. The molecule has 1 aromatic heterocycles. The van der Waals surface area contributed by atoms with Gasteiger partial charge in [0.2, 0.25) is 0 Å². The van der Waals surface area contributed by atoms with Gasteiger partial charge < -0.3 is 5.73 Å². The minimum Gasteiger partial charge on any atom is -0.397 e. The van der Waals surface area contributed by atoms with Gasteiger partial charge in [-0.3, -0.25) is 0 Å². The topological polar surface area (TPSA) is 26.0 Å². The molecule has 1 rings (SSSR count). The maximum Gasteiger partial charge on any atom is 0.116 e. The average Bonchev–Trinajstić information content (AvgIpc) is 1.98. The molecule has 0 unspecified atom stereocenters. The third-order valence-electron chi connectivity index (χ3n) is 1.39. The van der Waals surface area contributed by atoms with Crippen LogP contribution in [-0.4, -0.2) is 0 Å². The number of rotatable bonds is 0. The van der Waals surface area contributed by atoms with E-state index in [2.05, 4.69) is 0 Å². The maximum absolute atomic E-state index is 5.73. The lowest BCUT2D eigenvalue weighted by Gasteiger charge is -1.88. The zero-order valence-corrected chi connectivity index (χ0v) is 6.94. The summed E-state index contributed by atoms with van der Waals surface area (Å²) in [4.78, 5) is 1.21. The van der Waals surface area contributed by atoms with Gasteiger partial charge in [-0.25, -0.2) is 0 Å². The number of hydrogen-bond donors (Lipinski definition) is 1. The molecule has 2 N–H and O–H groups in total. The van der Waals surface area contributed by atoms with Crippen LogP contribution in [0.2, 0.25) is 4.34 Å². The predicted octanol–water partition coefficient (Wildman–Crippen LogP) is 2.60. The second kappa shape index (κ2) is 2.20. The minimum absolute atomic E-state index is 0.713. The van der Waals surface area contributed by atoms with Crippen LogP contribution < -0.4 is 5.73 Å². The first-order valence-corrected chi connectivity index (χ1v) is 3.83. The summed E-state index contributed by atoms with van der Waals surface area (Å²) in [5, 5.41) is 0. The highest BCUT2D eigenvalue weighted by Crippen LogP contribution is 2.33. The highest BCUT2D eigenvalue weighted by Gasteiger charge is 2.05. The van der Waals surface area contributed by atoms with Gasteiger partial charge >= 0.3 is 0 Å². The SMILES string of the molecule is Cc1sc(Cl)c(N)c1C. The molecular weight excluding hydrogens is 154 g/mol. The molecule has 1 nitrogen and oxygen atoms in total. The van der Waals surface area contributed by atoms with Crippen LogP contribution in [0.25, 0.3) is 0 Å². The van der Waals surface area contributed by atoms with Gasteiger partial charge in [-0.2, -0.15) is 0 Å². The molecule has 0 spiro atoms. The van der Waals surface area contributed by atoms with Crippen LogP contribution in [0.3, 0.4) is 0 Å². The van der Waals surface area contributed by atoms with E-state index in [1.54, 1.807) is 0 Å². The quantitative estimate of drug-likeness (QED) is 0.622. The van der Waals surface area contributed by atoms with Gasteiger partial charge in [-0.15, -0.1) is 11.3 Å². The smallest absolute Gasteiger partial charge is 0.116 e. The van der Waals surface area contributed by atoms with Crippen molar-refractivity contribution in [3.63, 3.8) is 0 Å². The van der Waals surface area contributed by atoms with E-state index in [1.165, 1.54) is 16.2 Å². The summed E-state index contributed by atoms with van der Waals surface area (Å²) in [7, 11) is 0. The second-order valence-corrected chi connectivity index (χ2v) is 3.80. The highest BCUT2D eigenvalue weighted by atomic mass is 35.5. The first-order chi connectivity index (χ1) is 4.13. The molecule has 0 saturated carbocycles. The molecule has 50 valence electrons. The Morgan fingerprint density at radius 2 is 2.00 bits per heavy atom. The summed E-state index contributed by atoms with van der Waals surface area (Å²) in [6, 6.07) is 0. The maximum atomic E-state index is 5.73. The van der Waals surface area contributed by atoms with Crippen LogP contribution in [0.5, 0.6) is 0 Å². The van der Waals surface area contributed by atoms with E-state index < -0.39 is 0 Å². The Balaban J connectivity index is 3.29. The number of nitrogens with two attached hydrogens (primary N) is 1. The van der Waals surface area contributed by atoms with Gasteiger partial charge in [0.05, 0.1) is 5.69 Å². The Bertz CT molecular complexity index is 207. The summed E-state index contributed by atoms with van der Waals surface area (Å²) in [5.74, 6) is 0. The lowest BCUT2D eigenvalue weighted by molar-refractivity contribution is 1.44. The molecule has 0 saturated heterocycles. The van der Waals surface area contributed by atoms with E-state index >= 15 is 0 Å². The third kappa shape index (κ3) is 1.05. The van der Waals surface area contributed by atoms with E-state index in [9.17, 15) is 0 Å². The second-order valence-electron chi connectivity index (χ2n) is 1.97. The fourth-order valence-electron chi connectivity index (χ4n) is 0.603. The largest absolute Gasteiger partial charge is 0.397 e. The molecule has 1 heterocycles. The summed E-state index contributed by atoms with van der Waals surface area (Å²) in [6.45, 7) is 4.00. The molecule has 0 fully saturated rings. The van der Waals surface area contributed by atoms with Gasteiger partial charge in [-0.1, -0.05) is 11.6 Å². The fourth-order valence-corrected chi connectivity index (χ4v) is 1.89. The molecule has 3 heteroatoms. The summed E-state index contributed by atoms with van der Waals surface area (Å²) in [5.41, 5.74) is 7.43. The number of thiophene rings is 1. The molecule has 0 radical (unpaired) electrons. The Morgan fingerprint density at radius 3 is 2.11 bits per heavy atom. The molecule has 0 aliphatic rings. The van der Waals surface area contributed by atoms with Crippen LogP contribution >= 0.6 is 22.9 Å². The number of hydrogen-bond acceptors (Lipinski definition) is 2. The summed E-state index contributed by atoms with van der Waals surface area (Å²) < 4.78 is 0.713. The van der Waals surface area contributed by atoms with Crippen LogP contribution in [0.1, 0.15) is 10.4 Å². The lowest BCUT2D eigenvalue weighted by Crippen LogP contribution is -1.84. The summed E-state index contributed by atoms with van der Waals surface area (Å²) >= 11 is 7.26. The van der Waals surface area contributed by atoms with Crippen molar-refractivity contribution in [2.45, 2.75) is 13.8 Å². The van der Waals surface area contributed by atoms with E-state index in [0.29, 0.717) is 4.34 Å². The Hall–Kier alpha value is -0.210. The summed E-state index contributed by atoms with van der Waals surface area (Å²) in [6.07, 6.45) is 0. The minimum atomic E-state index is 0.713. The Morgan fingerprint density at radius 1 is 1.44 bits per heavy atom. The number of anilines is 1. The Kier molecular flexibility index (Phi) is 1.68. The molecule has 0 amide bonds. The van der Waals surface area contributed by atoms with Crippen molar-refractivity contribution in [3.8, 4) is 0 Å². The van der Waals surface area contributed by atoms with Gasteiger partial charge in [0.15, 0.2) is 0 Å². The molecule has 0 bridgehead atoms. The normalized spacial score (nSPS) is 10.1. The van der Waals surface area contributed by atoms with Crippen molar-refractivity contribution >= 4 is 28.6 Å².